The molecule has 2 N–H and O–H groups in total. The minimum atomic E-state index is -0.772. The number of benzene rings is 1. The molecule has 1 atom stereocenters. The molecule has 6 heteroatoms. The number of carbonyl (C=O) groups is 1. The summed E-state index contributed by atoms with van der Waals surface area (Å²) in [5.74, 6) is -2.07. The number of hydrogen-bond donors (Lipinski definition) is 2. The molecule has 1 aromatic carbocycles. The maximum absolute atomic E-state index is 13.8. The fourth-order valence-corrected chi connectivity index (χ4v) is 1.77. The largest absolute Gasteiger partial charge is 0.380 e. The summed E-state index contributed by atoms with van der Waals surface area (Å²) >= 11 is 0. The van der Waals surface area contributed by atoms with Gasteiger partial charge in [0.1, 0.15) is 17.3 Å². The number of halogens is 2. The van der Waals surface area contributed by atoms with Crippen molar-refractivity contribution in [2.75, 3.05) is 25.1 Å². The van der Waals surface area contributed by atoms with Gasteiger partial charge in [-0.2, -0.15) is 0 Å². The van der Waals surface area contributed by atoms with Gasteiger partial charge in [0.25, 0.3) is 5.91 Å². The number of nitrogens with one attached hydrogen (secondary N) is 2. The van der Waals surface area contributed by atoms with Gasteiger partial charge in [0, 0.05) is 24.8 Å². The molecular formula is C15H22F2N2O2. The van der Waals surface area contributed by atoms with E-state index in [-0.39, 0.29) is 17.3 Å². The number of anilines is 1. The highest BCUT2D eigenvalue weighted by Gasteiger charge is 2.16. The summed E-state index contributed by atoms with van der Waals surface area (Å²) in [5.41, 5.74) is -0.244. The van der Waals surface area contributed by atoms with Crippen molar-refractivity contribution in [1.29, 1.82) is 0 Å². The summed E-state index contributed by atoms with van der Waals surface area (Å²) in [5, 5.41) is 5.29. The first-order valence-electron chi connectivity index (χ1n) is 7.11. The van der Waals surface area contributed by atoms with Gasteiger partial charge in [-0.3, -0.25) is 4.79 Å². The van der Waals surface area contributed by atoms with Gasteiger partial charge in [-0.05, 0) is 32.4 Å². The normalized spacial score (nSPS) is 12.0. The zero-order chi connectivity index (χ0) is 15.8. The molecule has 1 unspecified atom stereocenters. The highest BCUT2D eigenvalue weighted by Crippen LogP contribution is 2.20. The van der Waals surface area contributed by atoms with E-state index >= 15 is 0 Å². The first-order valence-corrected chi connectivity index (χ1v) is 7.11. The van der Waals surface area contributed by atoms with Crippen molar-refractivity contribution in [1.82, 2.24) is 5.32 Å². The van der Waals surface area contributed by atoms with Crippen LogP contribution in [-0.2, 0) is 4.74 Å². The molecule has 0 bridgehead atoms. The van der Waals surface area contributed by atoms with E-state index < -0.39 is 17.5 Å². The van der Waals surface area contributed by atoms with E-state index in [0.29, 0.717) is 19.8 Å². The summed E-state index contributed by atoms with van der Waals surface area (Å²) in [6.45, 7) is 6.86. The minimum absolute atomic E-state index is 0.0459. The lowest BCUT2D eigenvalue weighted by molar-refractivity contribution is 0.0871. The molecule has 0 spiro atoms. The van der Waals surface area contributed by atoms with Gasteiger partial charge >= 0.3 is 0 Å². The van der Waals surface area contributed by atoms with Crippen LogP contribution in [0.4, 0.5) is 14.5 Å². The third-order valence-electron chi connectivity index (χ3n) is 2.81. The third-order valence-corrected chi connectivity index (χ3v) is 2.81. The van der Waals surface area contributed by atoms with Crippen molar-refractivity contribution in [3.05, 3.63) is 29.3 Å². The zero-order valence-electron chi connectivity index (χ0n) is 12.6. The van der Waals surface area contributed by atoms with Gasteiger partial charge in [-0.1, -0.05) is 6.92 Å². The summed E-state index contributed by atoms with van der Waals surface area (Å²) < 4.78 is 32.8. The Morgan fingerprint density at radius 1 is 1.29 bits per heavy atom. The molecule has 1 aromatic rings. The van der Waals surface area contributed by atoms with E-state index in [1.807, 2.05) is 13.8 Å². The molecule has 0 heterocycles. The Kier molecular flexibility index (Phi) is 7.08. The number of amides is 1. The zero-order valence-corrected chi connectivity index (χ0v) is 12.6. The molecular weight excluding hydrogens is 278 g/mol. The highest BCUT2D eigenvalue weighted by atomic mass is 19.1. The van der Waals surface area contributed by atoms with Crippen LogP contribution in [0, 0.1) is 11.6 Å². The molecule has 118 valence electrons. The summed E-state index contributed by atoms with van der Waals surface area (Å²) in [4.78, 5) is 11.9. The van der Waals surface area contributed by atoms with E-state index in [4.69, 9.17) is 4.74 Å². The average Bonchev–Trinajstić information content (AvgIpc) is 2.44. The first kappa shape index (κ1) is 17.4. The molecule has 0 aliphatic carbocycles. The second-order valence-corrected chi connectivity index (χ2v) is 4.78. The van der Waals surface area contributed by atoms with E-state index in [0.717, 1.165) is 18.6 Å². The van der Waals surface area contributed by atoms with Crippen LogP contribution >= 0.6 is 0 Å². The summed E-state index contributed by atoms with van der Waals surface area (Å²) in [7, 11) is 0. The number of ether oxygens (including phenoxy) is 1. The Labute approximate surface area is 123 Å². The Hall–Kier alpha value is -1.69. The van der Waals surface area contributed by atoms with Gasteiger partial charge in [0.2, 0.25) is 0 Å². The second kappa shape index (κ2) is 8.56. The number of carbonyl (C=O) groups excluding carboxylic acids is 1. The monoisotopic (exact) mass is 300 g/mol. The maximum Gasteiger partial charge on any atom is 0.251 e. The van der Waals surface area contributed by atoms with E-state index in [2.05, 4.69) is 10.6 Å². The molecule has 0 aromatic heterocycles. The quantitative estimate of drug-likeness (QED) is 0.776. The Morgan fingerprint density at radius 3 is 2.43 bits per heavy atom. The molecule has 1 amide bonds. The second-order valence-electron chi connectivity index (χ2n) is 4.78. The van der Waals surface area contributed by atoms with Crippen molar-refractivity contribution < 1.29 is 18.3 Å². The van der Waals surface area contributed by atoms with Crippen LogP contribution in [0.2, 0.25) is 0 Å². The van der Waals surface area contributed by atoms with Crippen LogP contribution in [0.3, 0.4) is 0 Å². The smallest absolute Gasteiger partial charge is 0.251 e. The van der Waals surface area contributed by atoms with Crippen molar-refractivity contribution >= 4 is 11.6 Å². The van der Waals surface area contributed by atoms with Crippen LogP contribution in [0.15, 0.2) is 12.1 Å². The van der Waals surface area contributed by atoms with Gasteiger partial charge in [-0.15, -0.1) is 0 Å². The highest BCUT2D eigenvalue weighted by molar-refractivity contribution is 5.94. The first-order chi connectivity index (χ1) is 9.99. The third kappa shape index (κ3) is 5.30. The molecule has 0 aliphatic rings. The molecule has 0 fully saturated rings. The maximum atomic E-state index is 13.8. The fourth-order valence-electron chi connectivity index (χ4n) is 1.77. The van der Waals surface area contributed by atoms with Gasteiger partial charge in [0.05, 0.1) is 6.61 Å². The van der Waals surface area contributed by atoms with Crippen molar-refractivity contribution in [2.45, 2.75) is 33.2 Å². The van der Waals surface area contributed by atoms with Crippen molar-refractivity contribution in [3.63, 3.8) is 0 Å². The van der Waals surface area contributed by atoms with E-state index in [1.54, 1.807) is 6.92 Å². The Bertz CT molecular complexity index is 458. The Balaban J connectivity index is 2.77. The number of rotatable bonds is 8. The minimum Gasteiger partial charge on any atom is -0.380 e. The van der Waals surface area contributed by atoms with Crippen LogP contribution in [0.5, 0.6) is 0 Å². The van der Waals surface area contributed by atoms with Crippen LogP contribution < -0.4 is 10.6 Å². The SMILES string of the molecule is CCCNc1c(F)cc(C(=O)NC(C)COCC)cc1F. The Morgan fingerprint density at radius 2 is 1.90 bits per heavy atom. The average molecular weight is 300 g/mol. The lowest BCUT2D eigenvalue weighted by Crippen LogP contribution is -2.36. The molecule has 21 heavy (non-hydrogen) atoms. The fraction of sp³-hybridized carbons (Fsp3) is 0.533. The van der Waals surface area contributed by atoms with Gasteiger partial charge in [0.15, 0.2) is 0 Å². The van der Waals surface area contributed by atoms with E-state index in [9.17, 15) is 13.6 Å². The molecule has 4 nitrogen and oxygen atoms in total. The molecule has 0 aliphatic heterocycles. The summed E-state index contributed by atoms with van der Waals surface area (Å²) in [6, 6.07) is 1.83. The predicted molar refractivity (Wildman–Crippen MR) is 78.6 cm³/mol. The van der Waals surface area contributed by atoms with Crippen LogP contribution in [-0.4, -0.2) is 31.7 Å². The lowest BCUT2D eigenvalue weighted by Gasteiger charge is -2.14. The van der Waals surface area contributed by atoms with E-state index in [1.165, 1.54) is 0 Å². The molecule has 0 saturated carbocycles. The summed E-state index contributed by atoms with van der Waals surface area (Å²) in [6.07, 6.45) is 0.746. The van der Waals surface area contributed by atoms with Crippen LogP contribution in [0.1, 0.15) is 37.6 Å². The number of hydrogen-bond acceptors (Lipinski definition) is 3. The van der Waals surface area contributed by atoms with Gasteiger partial charge in [-0.25, -0.2) is 8.78 Å². The standard InChI is InChI=1S/C15H22F2N2O2/c1-4-6-18-14-12(16)7-11(8-13(14)17)15(20)19-10(3)9-21-5-2/h7-8,10,18H,4-6,9H2,1-3H3,(H,19,20). The lowest BCUT2D eigenvalue weighted by atomic mass is 10.1. The topological polar surface area (TPSA) is 50.4 Å². The van der Waals surface area contributed by atoms with Gasteiger partial charge < -0.3 is 15.4 Å². The van der Waals surface area contributed by atoms with Crippen molar-refractivity contribution in [2.24, 2.45) is 0 Å². The molecule has 0 radical (unpaired) electrons. The molecule has 1 rings (SSSR count). The predicted octanol–water partition coefficient (Wildman–Crippen LogP) is 2.94. The van der Waals surface area contributed by atoms with Crippen molar-refractivity contribution in [3.8, 4) is 0 Å². The molecule has 0 saturated heterocycles. The van der Waals surface area contributed by atoms with Crippen LogP contribution in [0.25, 0.3) is 0 Å².